The van der Waals surface area contributed by atoms with Crippen LogP contribution in [0.25, 0.3) is 45.0 Å². The summed E-state index contributed by atoms with van der Waals surface area (Å²) >= 11 is 0. The molecule has 5 heteroatoms. The smallest absolute Gasteiger partial charge is 0.144 e. The van der Waals surface area contributed by atoms with Crippen molar-refractivity contribution in [3.8, 4) is 62.3 Å². The van der Waals surface area contributed by atoms with Gasteiger partial charge in [0.15, 0.2) is 0 Å². The van der Waals surface area contributed by atoms with Gasteiger partial charge in [-0.15, -0.1) is 0 Å². The van der Waals surface area contributed by atoms with Crippen LogP contribution in [0, 0.1) is 0 Å². The summed E-state index contributed by atoms with van der Waals surface area (Å²) in [7, 11) is 5.32. The average Bonchev–Trinajstić information content (AvgIpc) is 3.29. The molecule has 0 fully saturated rings. The fourth-order valence-corrected chi connectivity index (χ4v) is 4.84. The van der Waals surface area contributed by atoms with E-state index >= 15 is 0 Å². The Balaban J connectivity index is 1.79. The van der Waals surface area contributed by atoms with Gasteiger partial charge >= 0.3 is 0 Å². The van der Waals surface area contributed by atoms with Crippen LogP contribution in [-0.2, 0) is 12.5 Å². The summed E-state index contributed by atoms with van der Waals surface area (Å²) in [6.45, 7) is 6.55. The molecule has 0 aliphatic carbocycles. The number of rotatable bonds is 6. The zero-order valence-electron chi connectivity index (χ0n) is 23.3. The molecule has 0 spiro atoms. The van der Waals surface area contributed by atoms with Crippen molar-refractivity contribution in [2.75, 3.05) is 14.2 Å². The van der Waals surface area contributed by atoms with Gasteiger partial charge in [0, 0.05) is 23.7 Å². The van der Waals surface area contributed by atoms with Crippen molar-refractivity contribution in [2.24, 2.45) is 7.05 Å². The van der Waals surface area contributed by atoms with Gasteiger partial charge in [-0.1, -0.05) is 51.1 Å². The molecule has 5 rings (SSSR count). The lowest BCUT2D eigenvalue weighted by Crippen LogP contribution is -2.12. The number of phenols is 1. The Labute approximate surface area is 230 Å². The Kier molecular flexibility index (Phi) is 6.92. The largest absolute Gasteiger partial charge is 0.507 e. The molecule has 5 nitrogen and oxygen atoms in total. The molecular formula is C34H34N2O3. The standard InChI is InChI=1S/C34H34N2O3/c1-34(2,3)25-20-28(22-10-8-7-9-11-22)32(37)29(21-25)33-35-30(23-12-16-26(38-5)17-13-23)31(36(33)4)24-14-18-27(39-6)19-15-24/h7-21,37H,1-6H3. The molecule has 0 aliphatic heterocycles. The molecule has 39 heavy (non-hydrogen) atoms. The maximum Gasteiger partial charge on any atom is 0.144 e. The fraction of sp³-hybridized carbons (Fsp3) is 0.206. The lowest BCUT2D eigenvalue weighted by Gasteiger charge is -2.22. The van der Waals surface area contributed by atoms with E-state index in [0.29, 0.717) is 11.4 Å². The van der Waals surface area contributed by atoms with E-state index in [9.17, 15) is 5.11 Å². The quantitative estimate of drug-likeness (QED) is 0.247. The molecule has 0 atom stereocenters. The van der Waals surface area contributed by atoms with Gasteiger partial charge in [0.1, 0.15) is 23.1 Å². The molecule has 0 saturated carbocycles. The maximum absolute atomic E-state index is 11.7. The first-order valence-electron chi connectivity index (χ1n) is 13.0. The summed E-state index contributed by atoms with van der Waals surface area (Å²) in [4.78, 5) is 5.17. The number of imidazole rings is 1. The lowest BCUT2D eigenvalue weighted by molar-refractivity contribution is 0.414. The van der Waals surface area contributed by atoms with Crippen LogP contribution < -0.4 is 9.47 Å². The molecule has 0 bridgehead atoms. The molecule has 0 radical (unpaired) electrons. The predicted octanol–water partition coefficient (Wildman–Crippen LogP) is 8.11. The van der Waals surface area contributed by atoms with Crippen LogP contribution in [-0.4, -0.2) is 28.9 Å². The second kappa shape index (κ2) is 10.3. The van der Waals surface area contributed by atoms with Gasteiger partial charge in [0.2, 0.25) is 0 Å². The first kappa shape index (κ1) is 26.1. The Bertz CT molecular complexity index is 1590. The van der Waals surface area contributed by atoms with Gasteiger partial charge in [-0.3, -0.25) is 0 Å². The number of benzene rings is 4. The SMILES string of the molecule is COc1ccc(-c2nc(-c3cc(C(C)(C)C)cc(-c4ccccc4)c3O)n(C)c2-c2ccc(OC)cc2)cc1. The molecule has 4 aromatic carbocycles. The van der Waals surface area contributed by atoms with Crippen LogP contribution in [0.1, 0.15) is 26.3 Å². The number of aromatic hydroxyl groups is 1. The van der Waals surface area contributed by atoms with Crippen LogP contribution in [0.5, 0.6) is 17.2 Å². The van der Waals surface area contributed by atoms with Crippen molar-refractivity contribution in [2.45, 2.75) is 26.2 Å². The monoisotopic (exact) mass is 518 g/mol. The molecule has 1 aromatic heterocycles. The highest BCUT2D eigenvalue weighted by molar-refractivity contribution is 5.86. The van der Waals surface area contributed by atoms with Crippen LogP contribution >= 0.6 is 0 Å². The number of methoxy groups -OCH3 is 2. The molecule has 0 saturated heterocycles. The maximum atomic E-state index is 11.7. The number of nitrogens with zero attached hydrogens (tertiary/aromatic N) is 2. The Morgan fingerprint density at radius 2 is 1.23 bits per heavy atom. The van der Waals surface area contributed by atoms with Crippen molar-refractivity contribution in [3.05, 3.63) is 96.6 Å². The number of phenolic OH excluding ortho intramolecular Hbond substituents is 1. The van der Waals surface area contributed by atoms with E-state index in [2.05, 4.69) is 37.5 Å². The summed E-state index contributed by atoms with van der Waals surface area (Å²) < 4.78 is 12.9. The Morgan fingerprint density at radius 1 is 0.692 bits per heavy atom. The Morgan fingerprint density at radius 3 is 1.77 bits per heavy atom. The lowest BCUT2D eigenvalue weighted by atomic mass is 9.83. The van der Waals surface area contributed by atoms with Crippen LogP contribution in [0.15, 0.2) is 91.0 Å². The molecule has 198 valence electrons. The van der Waals surface area contributed by atoms with Crippen molar-refractivity contribution in [1.29, 1.82) is 0 Å². The number of hydrogen-bond acceptors (Lipinski definition) is 4. The van der Waals surface area contributed by atoms with Crippen molar-refractivity contribution in [1.82, 2.24) is 9.55 Å². The number of ether oxygens (including phenoxy) is 2. The first-order chi connectivity index (χ1) is 18.7. The number of hydrogen-bond donors (Lipinski definition) is 1. The van der Waals surface area contributed by atoms with Crippen molar-refractivity contribution >= 4 is 0 Å². The van der Waals surface area contributed by atoms with E-state index in [-0.39, 0.29) is 11.2 Å². The molecule has 0 aliphatic rings. The van der Waals surface area contributed by atoms with Gasteiger partial charge in [-0.2, -0.15) is 0 Å². The Hall–Kier alpha value is -4.51. The normalized spacial score (nSPS) is 11.4. The number of aromatic nitrogens is 2. The minimum Gasteiger partial charge on any atom is -0.507 e. The summed E-state index contributed by atoms with van der Waals surface area (Å²) in [5.41, 5.74) is 7.15. The summed E-state index contributed by atoms with van der Waals surface area (Å²) in [6, 6.07) is 30.0. The molecule has 0 amide bonds. The van der Waals surface area contributed by atoms with Gasteiger partial charge in [0.25, 0.3) is 0 Å². The average molecular weight is 519 g/mol. The molecule has 5 aromatic rings. The molecule has 1 heterocycles. The van der Waals surface area contributed by atoms with Gasteiger partial charge < -0.3 is 19.1 Å². The highest BCUT2D eigenvalue weighted by atomic mass is 16.5. The van der Waals surface area contributed by atoms with Gasteiger partial charge in [0.05, 0.1) is 31.2 Å². The minimum atomic E-state index is -0.130. The highest BCUT2D eigenvalue weighted by Gasteiger charge is 2.25. The molecule has 1 N–H and O–H groups in total. The third-order valence-electron chi connectivity index (χ3n) is 7.12. The van der Waals surface area contributed by atoms with Crippen LogP contribution in [0.4, 0.5) is 0 Å². The van der Waals surface area contributed by atoms with E-state index < -0.39 is 0 Å². The minimum absolute atomic E-state index is 0.130. The van der Waals surface area contributed by atoms with Crippen molar-refractivity contribution in [3.63, 3.8) is 0 Å². The zero-order valence-corrected chi connectivity index (χ0v) is 23.3. The predicted molar refractivity (Wildman–Crippen MR) is 158 cm³/mol. The van der Waals surface area contributed by atoms with Gasteiger partial charge in [-0.05, 0) is 77.2 Å². The summed E-state index contributed by atoms with van der Waals surface area (Å²) in [5.74, 6) is 2.47. The molecular weight excluding hydrogens is 484 g/mol. The van der Waals surface area contributed by atoms with Crippen LogP contribution in [0.3, 0.4) is 0 Å². The third kappa shape index (κ3) is 5.00. The van der Waals surface area contributed by atoms with Crippen LogP contribution in [0.2, 0.25) is 0 Å². The van der Waals surface area contributed by atoms with E-state index in [1.54, 1.807) is 14.2 Å². The van der Waals surface area contributed by atoms with E-state index in [4.69, 9.17) is 14.5 Å². The zero-order chi connectivity index (χ0) is 27.7. The third-order valence-corrected chi connectivity index (χ3v) is 7.12. The fourth-order valence-electron chi connectivity index (χ4n) is 4.84. The van der Waals surface area contributed by atoms with Crippen molar-refractivity contribution < 1.29 is 14.6 Å². The van der Waals surface area contributed by atoms with E-state index in [1.165, 1.54) is 0 Å². The second-order valence-electron chi connectivity index (χ2n) is 10.7. The first-order valence-corrected chi connectivity index (χ1v) is 13.0. The topological polar surface area (TPSA) is 56.5 Å². The highest BCUT2D eigenvalue weighted by Crippen LogP contribution is 2.44. The van der Waals surface area contributed by atoms with E-state index in [1.807, 2.05) is 85.9 Å². The summed E-state index contributed by atoms with van der Waals surface area (Å²) in [6.07, 6.45) is 0. The molecule has 0 unspecified atom stereocenters. The second-order valence-corrected chi connectivity index (χ2v) is 10.7. The summed E-state index contributed by atoms with van der Waals surface area (Å²) in [5, 5.41) is 11.7. The van der Waals surface area contributed by atoms with Gasteiger partial charge in [-0.25, -0.2) is 4.98 Å². The van der Waals surface area contributed by atoms with E-state index in [0.717, 1.165) is 50.7 Å².